The second-order valence-electron chi connectivity index (χ2n) is 2.76. The van der Waals surface area contributed by atoms with Crippen molar-refractivity contribution in [1.82, 2.24) is 15.2 Å². The summed E-state index contributed by atoms with van der Waals surface area (Å²) in [5.74, 6) is -0.475. The number of nitrogens with two attached hydrogens (primary N) is 1. The van der Waals surface area contributed by atoms with Crippen LogP contribution in [0.3, 0.4) is 0 Å². The first-order valence-corrected chi connectivity index (χ1v) is 4.02. The van der Waals surface area contributed by atoms with Crippen molar-refractivity contribution in [2.24, 2.45) is 5.73 Å². The molecule has 0 saturated heterocycles. The molecule has 2 aromatic rings. The number of pyridine rings is 1. The Morgan fingerprint density at radius 1 is 1.36 bits per heavy atom. The normalized spacial score (nSPS) is 10.0. The van der Waals surface area contributed by atoms with Crippen molar-refractivity contribution in [1.29, 1.82) is 0 Å². The Labute approximate surface area is 80.0 Å². The van der Waals surface area contributed by atoms with Crippen LogP contribution in [0.4, 0.5) is 0 Å². The summed E-state index contributed by atoms with van der Waals surface area (Å²) in [6, 6.07) is 3.34. The number of carbonyl (C=O) groups is 1. The number of hydrogen-bond donors (Lipinski definition) is 2. The molecule has 14 heavy (non-hydrogen) atoms. The maximum atomic E-state index is 11.1. The number of primary amides is 1. The van der Waals surface area contributed by atoms with Gasteiger partial charge in [-0.15, -0.1) is 0 Å². The van der Waals surface area contributed by atoms with Gasteiger partial charge in [-0.25, -0.2) is 0 Å². The van der Waals surface area contributed by atoms with Crippen LogP contribution in [-0.4, -0.2) is 21.1 Å². The maximum Gasteiger partial charge on any atom is 0.249 e. The molecule has 5 nitrogen and oxygen atoms in total. The summed E-state index contributed by atoms with van der Waals surface area (Å²) in [7, 11) is 0. The molecule has 1 amide bonds. The highest BCUT2D eigenvalue weighted by Crippen LogP contribution is 2.19. The molecule has 0 saturated carbocycles. The molecule has 0 fully saturated rings. The number of H-pyrrole nitrogens is 1. The van der Waals surface area contributed by atoms with Crippen LogP contribution in [-0.2, 0) is 0 Å². The molecular formula is C9H8N4O. The van der Waals surface area contributed by atoms with Crippen LogP contribution >= 0.6 is 0 Å². The summed E-state index contributed by atoms with van der Waals surface area (Å²) < 4.78 is 0. The third-order valence-electron chi connectivity index (χ3n) is 1.88. The third-order valence-corrected chi connectivity index (χ3v) is 1.88. The van der Waals surface area contributed by atoms with E-state index in [0.29, 0.717) is 11.1 Å². The summed E-state index contributed by atoms with van der Waals surface area (Å²) in [6.07, 6.45) is 4.71. The zero-order valence-electron chi connectivity index (χ0n) is 7.27. The minimum atomic E-state index is -0.475. The number of aromatic amines is 1. The zero-order chi connectivity index (χ0) is 9.97. The number of amides is 1. The van der Waals surface area contributed by atoms with Crippen molar-refractivity contribution in [3.63, 3.8) is 0 Å². The van der Waals surface area contributed by atoms with Crippen LogP contribution in [0.15, 0.2) is 30.7 Å². The third kappa shape index (κ3) is 1.35. The van der Waals surface area contributed by atoms with Crippen LogP contribution in [0, 0.1) is 0 Å². The van der Waals surface area contributed by atoms with E-state index in [-0.39, 0.29) is 0 Å². The van der Waals surface area contributed by atoms with E-state index in [2.05, 4.69) is 15.2 Å². The van der Waals surface area contributed by atoms with E-state index in [1.54, 1.807) is 24.5 Å². The highest BCUT2D eigenvalue weighted by molar-refractivity contribution is 5.99. The van der Waals surface area contributed by atoms with Crippen molar-refractivity contribution < 1.29 is 4.79 Å². The van der Waals surface area contributed by atoms with Crippen molar-refractivity contribution >= 4 is 5.91 Å². The van der Waals surface area contributed by atoms with Gasteiger partial charge in [-0.05, 0) is 12.1 Å². The quantitative estimate of drug-likeness (QED) is 0.722. The van der Waals surface area contributed by atoms with Crippen molar-refractivity contribution in [2.75, 3.05) is 0 Å². The first kappa shape index (κ1) is 8.43. The molecule has 0 aliphatic rings. The first-order chi connectivity index (χ1) is 6.79. The van der Waals surface area contributed by atoms with E-state index < -0.39 is 5.91 Å². The Bertz CT molecular complexity index is 450. The lowest BCUT2D eigenvalue weighted by molar-refractivity contribution is 0.100. The SMILES string of the molecule is NC(=O)c1ccncc1-c1ccn[nH]1. The lowest BCUT2D eigenvalue weighted by Gasteiger charge is -2.01. The molecule has 70 valence electrons. The van der Waals surface area contributed by atoms with Crippen LogP contribution in [0.1, 0.15) is 10.4 Å². The topological polar surface area (TPSA) is 84.7 Å². The number of rotatable bonds is 2. The minimum absolute atomic E-state index is 0.434. The van der Waals surface area contributed by atoms with E-state index in [9.17, 15) is 4.79 Å². The summed E-state index contributed by atoms with van der Waals surface area (Å²) in [4.78, 5) is 15.0. The Hall–Kier alpha value is -2.17. The number of nitrogens with zero attached hydrogens (tertiary/aromatic N) is 2. The highest BCUT2D eigenvalue weighted by Gasteiger charge is 2.09. The molecule has 2 aromatic heterocycles. The van der Waals surface area contributed by atoms with Gasteiger partial charge in [-0.1, -0.05) is 0 Å². The molecule has 0 aliphatic heterocycles. The molecular weight excluding hydrogens is 180 g/mol. The molecule has 2 rings (SSSR count). The molecule has 2 heterocycles. The highest BCUT2D eigenvalue weighted by atomic mass is 16.1. The summed E-state index contributed by atoms with van der Waals surface area (Å²) in [5, 5.41) is 6.55. The fourth-order valence-electron chi connectivity index (χ4n) is 1.23. The average Bonchev–Trinajstić information content (AvgIpc) is 2.70. The summed E-state index contributed by atoms with van der Waals surface area (Å²) in [6.45, 7) is 0. The Morgan fingerprint density at radius 2 is 2.21 bits per heavy atom. The fourth-order valence-corrected chi connectivity index (χ4v) is 1.23. The lowest BCUT2D eigenvalue weighted by atomic mass is 10.1. The second-order valence-corrected chi connectivity index (χ2v) is 2.76. The average molecular weight is 188 g/mol. The molecule has 0 radical (unpaired) electrons. The van der Waals surface area contributed by atoms with Crippen LogP contribution in [0.5, 0.6) is 0 Å². The van der Waals surface area contributed by atoms with E-state index in [4.69, 9.17) is 5.73 Å². The maximum absolute atomic E-state index is 11.1. The smallest absolute Gasteiger partial charge is 0.249 e. The van der Waals surface area contributed by atoms with Gasteiger partial charge in [0, 0.05) is 24.2 Å². The Morgan fingerprint density at radius 3 is 2.86 bits per heavy atom. The van der Waals surface area contributed by atoms with Crippen LogP contribution < -0.4 is 5.73 Å². The molecule has 3 N–H and O–H groups in total. The number of carbonyl (C=O) groups excluding carboxylic acids is 1. The summed E-state index contributed by atoms with van der Waals surface area (Å²) >= 11 is 0. The van der Waals surface area contributed by atoms with Crippen molar-refractivity contribution in [2.45, 2.75) is 0 Å². The van der Waals surface area contributed by atoms with Gasteiger partial charge in [0.05, 0.1) is 11.3 Å². The van der Waals surface area contributed by atoms with Gasteiger partial charge in [0.2, 0.25) is 5.91 Å². The number of aromatic nitrogens is 3. The van der Waals surface area contributed by atoms with E-state index in [1.165, 1.54) is 6.20 Å². The van der Waals surface area contributed by atoms with Gasteiger partial charge < -0.3 is 5.73 Å². The van der Waals surface area contributed by atoms with Gasteiger partial charge in [0.1, 0.15) is 0 Å². The number of nitrogens with one attached hydrogen (secondary N) is 1. The molecule has 0 unspecified atom stereocenters. The van der Waals surface area contributed by atoms with Gasteiger partial charge in [0.15, 0.2) is 0 Å². The van der Waals surface area contributed by atoms with E-state index in [0.717, 1.165) is 5.69 Å². The largest absolute Gasteiger partial charge is 0.366 e. The summed E-state index contributed by atoms with van der Waals surface area (Å²) in [5.41, 5.74) is 7.05. The molecule has 0 atom stereocenters. The van der Waals surface area contributed by atoms with Gasteiger partial charge in [-0.3, -0.25) is 14.9 Å². The van der Waals surface area contributed by atoms with Gasteiger partial charge in [-0.2, -0.15) is 5.10 Å². The zero-order valence-corrected chi connectivity index (χ0v) is 7.27. The molecule has 0 spiro atoms. The van der Waals surface area contributed by atoms with E-state index >= 15 is 0 Å². The Kier molecular flexibility index (Phi) is 1.98. The van der Waals surface area contributed by atoms with Gasteiger partial charge >= 0.3 is 0 Å². The van der Waals surface area contributed by atoms with Crippen LogP contribution in [0.25, 0.3) is 11.3 Å². The standard InChI is InChI=1S/C9H8N4O/c10-9(14)6-1-3-11-5-7(6)8-2-4-12-13-8/h1-5H,(H2,10,14)(H,12,13). The predicted molar refractivity (Wildman–Crippen MR) is 50.3 cm³/mol. The van der Waals surface area contributed by atoms with Crippen molar-refractivity contribution in [3.8, 4) is 11.3 Å². The molecule has 0 aliphatic carbocycles. The number of hydrogen-bond acceptors (Lipinski definition) is 3. The van der Waals surface area contributed by atoms with E-state index in [1.807, 2.05) is 0 Å². The lowest BCUT2D eigenvalue weighted by Crippen LogP contribution is -2.12. The van der Waals surface area contributed by atoms with Crippen LogP contribution in [0.2, 0.25) is 0 Å². The monoisotopic (exact) mass is 188 g/mol. The first-order valence-electron chi connectivity index (χ1n) is 4.02. The Balaban J connectivity index is 2.58. The fraction of sp³-hybridized carbons (Fsp3) is 0. The van der Waals surface area contributed by atoms with Crippen molar-refractivity contribution in [3.05, 3.63) is 36.3 Å². The predicted octanol–water partition coefficient (Wildman–Crippen LogP) is 0.571. The minimum Gasteiger partial charge on any atom is -0.366 e. The van der Waals surface area contributed by atoms with Gasteiger partial charge in [0.25, 0.3) is 0 Å². The molecule has 5 heteroatoms. The molecule has 0 bridgehead atoms. The molecule has 0 aromatic carbocycles. The second kappa shape index (κ2) is 3.29.